The van der Waals surface area contributed by atoms with E-state index in [0.29, 0.717) is 22.9 Å². The van der Waals surface area contributed by atoms with E-state index in [-0.39, 0.29) is 31.0 Å². The molecule has 198 valence electrons. The lowest BCUT2D eigenvalue weighted by molar-refractivity contribution is -0.143. The first-order valence-corrected chi connectivity index (χ1v) is 13.1. The standard InChI is InChI=1S/C27H39ClN4O4/c1-26(2,3)23(31-22(33)12-17-8-5-4-6-9-17)25(35)32-16-27(36,15-21(32)24(30)34)14-20(29)18-10-7-11-19(28)13-18/h7,10-11,13,17,21,23,29,36H,4-6,8-9,12,14-16H2,1-3H3,(H2,30,34)(H,31,33)/t21-,23+,27+/m0/s1. The molecule has 1 aliphatic heterocycles. The number of benzene rings is 1. The van der Waals surface area contributed by atoms with E-state index in [2.05, 4.69) is 5.32 Å². The summed E-state index contributed by atoms with van der Waals surface area (Å²) in [7, 11) is 0. The van der Waals surface area contributed by atoms with Crippen LogP contribution < -0.4 is 11.1 Å². The molecule has 1 saturated carbocycles. The van der Waals surface area contributed by atoms with Crippen molar-refractivity contribution in [2.45, 2.75) is 89.8 Å². The van der Waals surface area contributed by atoms with E-state index in [1.807, 2.05) is 20.8 Å². The van der Waals surface area contributed by atoms with Gasteiger partial charge in [-0.25, -0.2) is 0 Å². The second kappa shape index (κ2) is 11.3. The summed E-state index contributed by atoms with van der Waals surface area (Å²) < 4.78 is 0. The van der Waals surface area contributed by atoms with Crippen LogP contribution in [0.1, 0.15) is 77.7 Å². The number of carbonyl (C=O) groups excluding carboxylic acids is 3. The number of hydrogen-bond acceptors (Lipinski definition) is 5. The number of nitrogens with one attached hydrogen (secondary N) is 2. The van der Waals surface area contributed by atoms with E-state index in [1.54, 1.807) is 24.3 Å². The summed E-state index contributed by atoms with van der Waals surface area (Å²) in [5.41, 5.74) is 4.20. The maximum Gasteiger partial charge on any atom is 0.246 e. The molecule has 1 aromatic rings. The molecule has 0 bridgehead atoms. The minimum Gasteiger partial charge on any atom is -0.388 e. The summed E-state index contributed by atoms with van der Waals surface area (Å²) in [6, 6.07) is 4.85. The van der Waals surface area contributed by atoms with Crippen LogP contribution in [0.5, 0.6) is 0 Å². The molecule has 0 radical (unpaired) electrons. The molecule has 2 aliphatic rings. The quantitative estimate of drug-likeness (QED) is 0.392. The highest BCUT2D eigenvalue weighted by Gasteiger charge is 2.50. The number of rotatable bonds is 8. The lowest BCUT2D eigenvalue weighted by atomic mass is 9.84. The average molecular weight is 519 g/mol. The number of aliphatic hydroxyl groups is 1. The predicted octanol–water partition coefficient (Wildman–Crippen LogP) is 3.42. The van der Waals surface area contributed by atoms with Crippen LogP contribution >= 0.6 is 11.6 Å². The average Bonchev–Trinajstić information content (AvgIpc) is 3.14. The molecule has 1 heterocycles. The molecule has 1 aromatic carbocycles. The van der Waals surface area contributed by atoms with E-state index in [0.717, 1.165) is 25.7 Å². The highest BCUT2D eigenvalue weighted by molar-refractivity contribution is 6.31. The zero-order valence-corrected chi connectivity index (χ0v) is 22.2. The van der Waals surface area contributed by atoms with E-state index < -0.39 is 34.9 Å². The number of β-amino-alcohol motifs (C(OH)–C–C–N with tert-alkyl or cyclic N) is 1. The van der Waals surface area contributed by atoms with Crippen molar-refractivity contribution in [2.75, 3.05) is 6.54 Å². The molecule has 0 unspecified atom stereocenters. The largest absolute Gasteiger partial charge is 0.388 e. The minimum absolute atomic E-state index is 0.0743. The number of hydrogen-bond donors (Lipinski definition) is 4. The van der Waals surface area contributed by atoms with Gasteiger partial charge in [-0.1, -0.05) is 63.8 Å². The van der Waals surface area contributed by atoms with E-state index in [9.17, 15) is 19.5 Å². The van der Waals surface area contributed by atoms with Crippen molar-refractivity contribution in [3.8, 4) is 0 Å². The van der Waals surface area contributed by atoms with Crippen LogP contribution in [0.25, 0.3) is 0 Å². The monoisotopic (exact) mass is 518 g/mol. The van der Waals surface area contributed by atoms with Gasteiger partial charge in [-0.3, -0.25) is 14.4 Å². The summed E-state index contributed by atoms with van der Waals surface area (Å²) in [5, 5.41) is 23.2. The van der Waals surface area contributed by atoms with Crippen LogP contribution in [0, 0.1) is 16.7 Å². The first-order chi connectivity index (χ1) is 16.8. The second-order valence-electron chi connectivity index (χ2n) is 11.6. The summed E-state index contributed by atoms with van der Waals surface area (Å²) in [5.74, 6) is -1.03. The van der Waals surface area contributed by atoms with Gasteiger partial charge >= 0.3 is 0 Å². The summed E-state index contributed by atoms with van der Waals surface area (Å²) >= 11 is 6.04. The lowest BCUT2D eigenvalue weighted by Crippen LogP contribution is -2.57. The number of nitrogens with two attached hydrogens (primary N) is 1. The highest BCUT2D eigenvalue weighted by Crippen LogP contribution is 2.34. The van der Waals surface area contributed by atoms with Gasteiger partial charge in [-0.05, 0) is 41.9 Å². The predicted molar refractivity (Wildman–Crippen MR) is 140 cm³/mol. The maximum atomic E-state index is 13.7. The molecule has 36 heavy (non-hydrogen) atoms. The first kappa shape index (κ1) is 28.1. The summed E-state index contributed by atoms with van der Waals surface area (Å²) in [6.07, 6.45) is 5.69. The molecule has 0 aromatic heterocycles. The number of carbonyl (C=O) groups is 3. The number of amides is 3. The second-order valence-corrected chi connectivity index (χ2v) is 12.0. The van der Waals surface area contributed by atoms with Gasteiger partial charge < -0.3 is 26.5 Å². The fourth-order valence-corrected chi connectivity index (χ4v) is 5.56. The SMILES string of the molecule is CC(C)(C)[C@H](NC(=O)CC1CCCCC1)C(=O)N1C[C@@](O)(CC(=N)c2cccc(Cl)c2)C[C@H]1C(N)=O. The van der Waals surface area contributed by atoms with Gasteiger partial charge in [0.25, 0.3) is 0 Å². The molecule has 0 spiro atoms. The highest BCUT2D eigenvalue weighted by atomic mass is 35.5. The zero-order valence-electron chi connectivity index (χ0n) is 21.5. The fourth-order valence-electron chi connectivity index (χ4n) is 5.37. The van der Waals surface area contributed by atoms with Crippen molar-refractivity contribution < 1.29 is 19.5 Å². The van der Waals surface area contributed by atoms with E-state index in [1.165, 1.54) is 11.3 Å². The molecule has 3 amide bonds. The Morgan fingerprint density at radius 2 is 1.92 bits per heavy atom. The smallest absolute Gasteiger partial charge is 0.246 e. The molecule has 1 saturated heterocycles. The third-order valence-electron chi connectivity index (χ3n) is 7.32. The van der Waals surface area contributed by atoms with Crippen molar-refractivity contribution >= 4 is 35.0 Å². The number of halogens is 1. The van der Waals surface area contributed by atoms with Crippen LogP contribution in [-0.4, -0.2) is 57.7 Å². The molecule has 8 nitrogen and oxygen atoms in total. The topological polar surface area (TPSA) is 137 Å². The van der Waals surface area contributed by atoms with Crippen molar-refractivity contribution in [1.29, 1.82) is 5.41 Å². The normalized spacial score (nSPS) is 23.8. The van der Waals surface area contributed by atoms with Crippen molar-refractivity contribution in [1.82, 2.24) is 10.2 Å². The molecule has 3 rings (SSSR count). The summed E-state index contributed by atoms with van der Waals surface area (Å²) in [6.45, 7) is 5.40. The van der Waals surface area contributed by atoms with Crippen LogP contribution in [0.2, 0.25) is 5.02 Å². The Kier molecular flexibility index (Phi) is 8.83. The van der Waals surface area contributed by atoms with Gasteiger partial charge in [-0.15, -0.1) is 0 Å². The third kappa shape index (κ3) is 7.07. The minimum atomic E-state index is -1.51. The van der Waals surface area contributed by atoms with Gasteiger partial charge in [0, 0.05) is 30.0 Å². The number of likely N-dealkylation sites (tertiary alicyclic amines) is 1. The molecule has 2 fully saturated rings. The van der Waals surface area contributed by atoms with Crippen LogP contribution in [-0.2, 0) is 14.4 Å². The van der Waals surface area contributed by atoms with Crippen molar-refractivity contribution in [2.24, 2.45) is 17.1 Å². The van der Waals surface area contributed by atoms with Gasteiger partial charge in [0.2, 0.25) is 17.7 Å². The molecular formula is C27H39ClN4O4. The lowest BCUT2D eigenvalue weighted by Gasteiger charge is -2.35. The van der Waals surface area contributed by atoms with Gasteiger partial charge in [0.05, 0.1) is 12.1 Å². The Balaban J connectivity index is 1.76. The Bertz CT molecular complexity index is 1000. The zero-order chi connectivity index (χ0) is 26.7. The van der Waals surface area contributed by atoms with Crippen LogP contribution in [0.15, 0.2) is 24.3 Å². The summed E-state index contributed by atoms with van der Waals surface area (Å²) in [4.78, 5) is 40.2. The Morgan fingerprint density at radius 3 is 2.50 bits per heavy atom. The van der Waals surface area contributed by atoms with Crippen molar-refractivity contribution in [3.63, 3.8) is 0 Å². The molecule has 1 aliphatic carbocycles. The molecule has 5 N–H and O–H groups in total. The Hall–Kier alpha value is -2.45. The first-order valence-electron chi connectivity index (χ1n) is 12.7. The van der Waals surface area contributed by atoms with Gasteiger partial charge in [0.1, 0.15) is 12.1 Å². The molecule has 3 atom stereocenters. The molecular weight excluding hydrogens is 480 g/mol. The molecule has 9 heteroatoms. The third-order valence-corrected chi connectivity index (χ3v) is 7.56. The van der Waals surface area contributed by atoms with Crippen LogP contribution in [0.4, 0.5) is 0 Å². The van der Waals surface area contributed by atoms with E-state index in [4.69, 9.17) is 22.7 Å². The van der Waals surface area contributed by atoms with Gasteiger partial charge in [-0.2, -0.15) is 0 Å². The fraction of sp³-hybridized carbons (Fsp3) is 0.630. The Labute approximate surface area is 218 Å². The maximum absolute atomic E-state index is 13.7. The van der Waals surface area contributed by atoms with Crippen LogP contribution in [0.3, 0.4) is 0 Å². The Morgan fingerprint density at radius 1 is 1.25 bits per heavy atom. The van der Waals surface area contributed by atoms with Crippen molar-refractivity contribution in [3.05, 3.63) is 34.9 Å². The number of nitrogens with zero attached hydrogens (tertiary/aromatic N) is 1. The van der Waals surface area contributed by atoms with E-state index >= 15 is 0 Å². The van der Waals surface area contributed by atoms with Gasteiger partial charge in [0.15, 0.2) is 0 Å². The number of primary amides is 1.